The Hall–Kier alpha value is -1.81. The third kappa shape index (κ3) is 3.34. The summed E-state index contributed by atoms with van der Waals surface area (Å²) in [7, 11) is 0. The first kappa shape index (κ1) is 17.0. The molecule has 0 spiro atoms. The molecule has 0 aliphatic carbocycles. The zero-order chi connectivity index (χ0) is 17.3. The molecule has 2 aromatic rings. The minimum Gasteiger partial charge on any atom is -0.275 e. The third-order valence-electron chi connectivity index (χ3n) is 3.70. The first-order valence-electron chi connectivity index (χ1n) is 7.65. The van der Waals surface area contributed by atoms with Crippen molar-refractivity contribution in [2.45, 2.75) is 25.7 Å². The largest absolute Gasteiger partial charge is 0.275 e. The van der Waals surface area contributed by atoms with Crippen LogP contribution in [-0.4, -0.2) is 26.9 Å². The first-order valence-corrected chi connectivity index (χ1v) is 9.02. The zero-order valence-corrected chi connectivity index (χ0v) is 15.1. The zero-order valence-electron chi connectivity index (χ0n) is 13.5. The molecule has 0 radical (unpaired) electrons. The lowest BCUT2D eigenvalue weighted by Gasteiger charge is -2.30. The van der Waals surface area contributed by atoms with E-state index in [1.807, 2.05) is 6.07 Å². The maximum atomic E-state index is 12.8. The fraction of sp³-hybridized carbons (Fsp3) is 0.353. The summed E-state index contributed by atoms with van der Waals surface area (Å²) in [5.74, 6) is 1.30. The predicted molar refractivity (Wildman–Crippen MR) is 95.9 cm³/mol. The summed E-state index contributed by atoms with van der Waals surface area (Å²) in [6, 6.07) is 9.04. The van der Waals surface area contributed by atoms with E-state index < -0.39 is 0 Å². The summed E-state index contributed by atoms with van der Waals surface area (Å²) in [5.41, 5.74) is 0.943. The molecule has 0 amide bonds. The van der Waals surface area contributed by atoms with Crippen LogP contribution in [0.3, 0.4) is 0 Å². The van der Waals surface area contributed by atoms with E-state index in [4.69, 9.17) is 11.6 Å². The molecule has 2 heterocycles. The summed E-state index contributed by atoms with van der Waals surface area (Å²) in [5, 5.41) is 10.7. The third-order valence-corrected chi connectivity index (χ3v) is 5.02. The highest BCUT2D eigenvalue weighted by molar-refractivity contribution is 7.99. The van der Waals surface area contributed by atoms with Gasteiger partial charge in [0, 0.05) is 17.1 Å². The van der Waals surface area contributed by atoms with Gasteiger partial charge in [0.2, 0.25) is 0 Å². The van der Waals surface area contributed by atoms with E-state index in [1.54, 1.807) is 28.8 Å². The standard InChI is InChI=1S/C17H17ClN4OS/c1-11(2)8-21-9-22-16(23)14(7-19)15(20-17(22)24-10-21)12-3-5-13(18)6-4-12/h3-6,11H,8-10H2,1-2H3. The van der Waals surface area contributed by atoms with Gasteiger partial charge in [0.15, 0.2) is 5.16 Å². The highest BCUT2D eigenvalue weighted by Crippen LogP contribution is 2.27. The molecule has 1 aliphatic heterocycles. The van der Waals surface area contributed by atoms with Crippen molar-refractivity contribution in [2.24, 2.45) is 5.92 Å². The Morgan fingerprint density at radius 3 is 2.71 bits per heavy atom. The van der Waals surface area contributed by atoms with Crippen molar-refractivity contribution >= 4 is 23.4 Å². The normalized spacial score (nSPS) is 14.5. The number of aromatic nitrogens is 2. The molecule has 0 fully saturated rings. The highest BCUT2D eigenvalue weighted by Gasteiger charge is 2.24. The molecule has 3 rings (SSSR count). The Labute approximate surface area is 149 Å². The lowest BCUT2D eigenvalue weighted by molar-refractivity contribution is 0.207. The summed E-state index contributed by atoms with van der Waals surface area (Å²) in [6.07, 6.45) is 0. The maximum Gasteiger partial charge on any atom is 0.273 e. The smallest absolute Gasteiger partial charge is 0.273 e. The molecule has 1 aromatic heterocycles. The van der Waals surface area contributed by atoms with Gasteiger partial charge < -0.3 is 0 Å². The quantitative estimate of drug-likeness (QED) is 0.785. The first-order chi connectivity index (χ1) is 11.5. The van der Waals surface area contributed by atoms with Crippen LogP contribution in [0, 0.1) is 17.2 Å². The molecule has 0 N–H and O–H groups in total. The van der Waals surface area contributed by atoms with E-state index in [2.05, 4.69) is 23.7 Å². The topological polar surface area (TPSA) is 61.9 Å². The molecule has 1 aromatic carbocycles. The van der Waals surface area contributed by atoms with E-state index in [1.165, 1.54) is 11.8 Å². The number of thioether (sulfide) groups is 1. The van der Waals surface area contributed by atoms with Crippen LogP contribution < -0.4 is 5.56 Å². The Kier molecular flexibility index (Phi) is 4.95. The Morgan fingerprint density at radius 2 is 2.08 bits per heavy atom. The minimum atomic E-state index is -0.284. The van der Waals surface area contributed by atoms with E-state index in [0.717, 1.165) is 18.0 Å². The van der Waals surface area contributed by atoms with Gasteiger partial charge in [-0.3, -0.25) is 14.3 Å². The number of halogens is 1. The lowest BCUT2D eigenvalue weighted by Crippen LogP contribution is -2.40. The number of rotatable bonds is 3. The average molecular weight is 361 g/mol. The van der Waals surface area contributed by atoms with E-state index in [-0.39, 0.29) is 11.1 Å². The van der Waals surface area contributed by atoms with E-state index in [9.17, 15) is 10.1 Å². The van der Waals surface area contributed by atoms with Gasteiger partial charge in [-0.25, -0.2) is 4.98 Å². The van der Waals surface area contributed by atoms with Crippen molar-refractivity contribution in [3.63, 3.8) is 0 Å². The number of hydrogen-bond donors (Lipinski definition) is 0. The van der Waals surface area contributed by atoms with Crippen LogP contribution in [0.4, 0.5) is 0 Å². The summed E-state index contributed by atoms with van der Waals surface area (Å²) in [4.78, 5) is 19.6. The van der Waals surface area contributed by atoms with Crippen molar-refractivity contribution in [2.75, 3.05) is 12.4 Å². The molecular formula is C17H17ClN4OS. The minimum absolute atomic E-state index is 0.0769. The monoisotopic (exact) mass is 360 g/mol. The van der Waals surface area contributed by atoms with Crippen LogP contribution in [-0.2, 0) is 6.67 Å². The number of hydrogen-bond acceptors (Lipinski definition) is 5. The van der Waals surface area contributed by atoms with Crippen LogP contribution in [0.1, 0.15) is 19.4 Å². The SMILES string of the molecule is CC(C)CN1CSc2nc(-c3ccc(Cl)cc3)c(C#N)c(=O)n2C1. The molecule has 0 bridgehead atoms. The second kappa shape index (κ2) is 6.98. The van der Waals surface area contributed by atoms with Crippen molar-refractivity contribution in [1.29, 1.82) is 5.26 Å². The highest BCUT2D eigenvalue weighted by atomic mass is 35.5. The van der Waals surface area contributed by atoms with E-state index >= 15 is 0 Å². The summed E-state index contributed by atoms with van der Waals surface area (Å²) < 4.78 is 1.59. The molecule has 0 saturated heterocycles. The second-order valence-electron chi connectivity index (χ2n) is 6.13. The van der Waals surface area contributed by atoms with Gasteiger partial charge in [-0.15, -0.1) is 0 Å². The van der Waals surface area contributed by atoms with Crippen LogP contribution in [0.25, 0.3) is 11.3 Å². The van der Waals surface area contributed by atoms with Gasteiger partial charge in [-0.05, 0) is 18.1 Å². The second-order valence-corrected chi connectivity index (χ2v) is 7.48. The summed E-state index contributed by atoms with van der Waals surface area (Å²) >= 11 is 7.44. The molecule has 1 aliphatic rings. The Balaban J connectivity index is 2.06. The number of nitrogens with zero attached hydrogens (tertiary/aromatic N) is 4. The van der Waals surface area contributed by atoms with Crippen molar-refractivity contribution in [3.05, 3.63) is 45.2 Å². The van der Waals surface area contributed by atoms with Crippen molar-refractivity contribution < 1.29 is 0 Å². The van der Waals surface area contributed by atoms with Gasteiger partial charge in [0.1, 0.15) is 11.6 Å². The van der Waals surface area contributed by atoms with Gasteiger partial charge in [0.05, 0.1) is 18.2 Å². The van der Waals surface area contributed by atoms with Crippen molar-refractivity contribution in [3.8, 4) is 17.3 Å². The molecule has 0 unspecified atom stereocenters. The van der Waals surface area contributed by atoms with E-state index in [0.29, 0.717) is 28.5 Å². The average Bonchev–Trinajstić information content (AvgIpc) is 2.55. The summed E-state index contributed by atoms with van der Waals surface area (Å²) in [6.45, 7) is 5.67. The molecule has 0 saturated carbocycles. The van der Waals surface area contributed by atoms with Gasteiger partial charge in [-0.2, -0.15) is 5.26 Å². The van der Waals surface area contributed by atoms with Gasteiger partial charge in [-0.1, -0.05) is 49.3 Å². The number of fused-ring (bicyclic) bond motifs is 1. The number of benzene rings is 1. The van der Waals surface area contributed by atoms with Gasteiger partial charge >= 0.3 is 0 Å². The number of nitriles is 1. The van der Waals surface area contributed by atoms with Crippen molar-refractivity contribution in [1.82, 2.24) is 14.5 Å². The van der Waals surface area contributed by atoms with Crippen LogP contribution in [0.2, 0.25) is 5.02 Å². The maximum absolute atomic E-state index is 12.8. The fourth-order valence-corrected chi connectivity index (χ4v) is 3.77. The Bertz CT molecular complexity index is 855. The predicted octanol–water partition coefficient (Wildman–Crippen LogP) is 3.41. The van der Waals surface area contributed by atoms with Crippen LogP contribution in [0.15, 0.2) is 34.2 Å². The Morgan fingerprint density at radius 1 is 1.38 bits per heavy atom. The molecule has 0 atom stereocenters. The molecular weight excluding hydrogens is 344 g/mol. The van der Waals surface area contributed by atoms with Crippen LogP contribution >= 0.6 is 23.4 Å². The molecule has 7 heteroatoms. The fourth-order valence-electron chi connectivity index (χ4n) is 2.70. The molecule has 5 nitrogen and oxygen atoms in total. The molecule has 124 valence electrons. The van der Waals surface area contributed by atoms with Gasteiger partial charge in [0.25, 0.3) is 5.56 Å². The lowest BCUT2D eigenvalue weighted by atomic mass is 10.1. The molecule has 24 heavy (non-hydrogen) atoms. The van der Waals surface area contributed by atoms with Crippen LogP contribution in [0.5, 0.6) is 0 Å².